The molecule has 0 N–H and O–H groups in total. The fourth-order valence-electron chi connectivity index (χ4n) is 0.692. The molecule has 0 aromatic heterocycles. The van der Waals surface area contributed by atoms with E-state index in [1.807, 2.05) is 0 Å². The highest BCUT2D eigenvalue weighted by Gasteiger charge is 2.03. The highest BCUT2D eigenvalue weighted by atomic mass is 127. The SMILES string of the molecule is C=CC(=N/C=C(\N=CC)C(=O)I)C(C)=O. The largest absolute Gasteiger partial charge is 0.293 e. The Balaban J connectivity index is 5.07. The Labute approximate surface area is 102 Å². The average molecular weight is 318 g/mol. The van der Waals surface area contributed by atoms with E-state index in [9.17, 15) is 9.59 Å². The predicted octanol–water partition coefficient (Wildman–Crippen LogP) is 2.10. The Morgan fingerprint density at radius 2 is 2.00 bits per heavy atom. The second kappa shape index (κ2) is 7.22. The first-order chi connectivity index (χ1) is 7.02. The summed E-state index contributed by atoms with van der Waals surface area (Å²) < 4.78 is -0.235. The van der Waals surface area contributed by atoms with Crippen molar-refractivity contribution in [2.45, 2.75) is 13.8 Å². The quantitative estimate of drug-likeness (QED) is 0.337. The third-order valence-electron chi connectivity index (χ3n) is 1.35. The zero-order valence-corrected chi connectivity index (χ0v) is 10.7. The number of rotatable bonds is 5. The number of allylic oxidation sites excluding steroid dienone is 2. The molecule has 0 rings (SSSR count). The number of hydrogen-bond donors (Lipinski definition) is 0. The van der Waals surface area contributed by atoms with Crippen LogP contribution >= 0.6 is 22.6 Å². The molecule has 0 saturated carbocycles. The van der Waals surface area contributed by atoms with Crippen molar-refractivity contribution >= 4 is 44.1 Å². The Bertz CT molecular complexity index is 368. The molecular formula is C10H11IN2O2. The molecule has 0 heterocycles. The smallest absolute Gasteiger partial charge is 0.242 e. The predicted molar refractivity (Wildman–Crippen MR) is 69.6 cm³/mol. The summed E-state index contributed by atoms with van der Waals surface area (Å²) in [5.74, 6) is -0.206. The van der Waals surface area contributed by atoms with Crippen LogP contribution in [0.3, 0.4) is 0 Å². The molecule has 5 heteroatoms. The van der Waals surface area contributed by atoms with Crippen molar-refractivity contribution in [3.05, 3.63) is 24.6 Å². The lowest BCUT2D eigenvalue weighted by molar-refractivity contribution is -0.111. The van der Waals surface area contributed by atoms with Crippen molar-refractivity contribution in [1.82, 2.24) is 0 Å². The maximum Gasteiger partial charge on any atom is 0.242 e. The van der Waals surface area contributed by atoms with Gasteiger partial charge in [-0.1, -0.05) is 6.58 Å². The molecule has 0 saturated heterocycles. The third-order valence-corrected chi connectivity index (χ3v) is 1.90. The second-order valence-electron chi connectivity index (χ2n) is 2.45. The molecule has 15 heavy (non-hydrogen) atoms. The minimum absolute atomic E-state index is 0.193. The van der Waals surface area contributed by atoms with Gasteiger partial charge in [-0.15, -0.1) is 0 Å². The van der Waals surface area contributed by atoms with Crippen molar-refractivity contribution in [1.29, 1.82) is 0 Å². The Hall–Kier alpha value is -1.11. The fourth-order valence-corrected chi connectivity index (χ4v) is 0.970. The topological polar surface area (TPSA) is 58.9 Å². The van der Waals surface area contributed by atoms with Crippen LogP contribution in [0, 0.1) is 0 Å². The molecule has 0 atom stereocenters. The van der Waals surface area contributed by atoms with Gasteiger partial charge >= 0.3 is 0 Å². The summed E-state index contributed by atoms with van der Waals surface area (Å²) in [5.41, 5.74) is 0.398. The first kappa shape index (κ1) is 13.9. The van der Waals surface area contributed by atoms with Crippen LogP contribution in [0.25, 0.3) is 0 Å². The Morgan fingerprint density at radius 3 is 2.33 bits per heavy atom. The van der Waals surface area contributed by atoms with Crippen LogP contribution in [0.5, 0.6) is 0 Å². The minimum Gasteiger partial charge on any atom is -0.293 e. The van der Waals surface area contributed by atoms with Gasteiger partial charge in [0, 0.05) is 35.7 Å². The van der Waals surface area contributed by atoms with Crippen molar-refractivity contribution in [2.75, 3.05) is 0 Å². The van der Waals surface area contributed by atoms with Gasteiger partial charge in [-0.2, -0.15) is 0 Å². The van der Waals surface area contributed by atoms with Gasteiger partial charge in [0.2, 0.25) is 3.79 Å². The van der Waals surface area contributed by atoms with E-state index in [1.165, 1.54) is 25.4 Å². The van der Waals surface area contributed by atoms with Crippen molar-refractivity contribution < 1.29 is 9.59 Å². The average Bonchev–Trinajstić information content (AvgIpc) is 2.16. The number of nitrogens with zero attached hydrogens (tertiary/aromatic N) is 2. The van der Waals surface area contributed by atoms with Crippen LogP contribution in [0.2, 0.25) is 0 Å². The molecule has 80 valence electrons. The number of Topliss-reactive ketones (excluding diaryl/α,β-unsaturated/α-hetero) is 1. The van der Waals surface area contributed by atoms with Gasteiger partial charge in [0.25, 0.3) is 0 Å². The van der Waals surface area contributed by atoms with Gasteiger partial charge in [0.15, 0.2) is 5.78 Å². The molecule has 0 aliphatic heterocycles. The fraction of sp³-hybridized carbons (Fsp3) is 0.200. The maximum atomic E-state index is 11.0. The second-order valence-corrected chi connectivity index (χ2v) is 3.43. The Morgan fingerprint density at radius 1 is 1.40 bits per heavy atom. The molecule has 4 nitrogen and oxygen atoms in total. The first-order valence-corrected chi connectivity index (χ1v) is 5.20. The number of carbonyl (C=O) groups is 2. The normalized spacial score (nSPS) is 13.0. The summed E-state index contributed by atoms with van der Waals surface area (Å²) in [6, 6.07) is 0. The number of carbonyl (C=O) groups excluding carboxylic acids is 2. The van der Waals surface area contributed by atoms with Crippen LogP contribution in [0.4, 0.5) is 0 Å². The van der Waals surface area contributed by atoms with Gasteiger partial charge in [-0.3, -0.25) is 19.6 Å². The van der Waals surface area contributed by atoms with Gasteiger partial charge in [0.1, 0.15) is 11.4 Å². The van der Waals surface area contributed by atoms with Crippen LogP contribution in [-0.2, 0) is 9.59 Å². The van der Waals surface area contributed by atoms with E-state index in [2.05, 4.69) is 16.6 Å². The van der Waals surface area contributed by atoms with E-state index >= 15 is 0 Å². The lowest BCUT2D eigenvalue weighted by Gasteiger charge is -1.93. The Kier molecular flexibility index (Phi) is 6.68. The number of aliphatic imine (C=N–C) groups is 2. The highest BCUT2D eigenvalue weighted by molar-refractivity contribution is 14.1. The standard InChI is InChI=1S/C10H11IN2O2/c1-4-8(7(3)14)13-6-9(10(11)15)12-5-2/h4-6H,1H2,2-3H3/b9-6-,12-5?,13-8?. The molecule has 0 aliphatic rings. The van der Waals surface area contributed by atoms with Gasteiger partial charge < -0.3 is 0 Å². The third kappa shape index (κ3) is 5.36. The van der Waals surface area contributed by atoms with Crippen LogP contribution < -0.4 is 0 Å². The van der Waals surface area contributed by atoms with Crippen molar-refractivity contribution in [3.63, 3.8) is 0 Å². The molecule has 0 aromatic carbocycles. The summed E-state index contributed by atoms with van der Waals surface area (Å²) in [4.78, 5) is 29.6. The van der Waals surface area contributed by atoms with Crippen LogP contribution in [0.15, 0.2) is 34.5 Å². The monoisotopic (exact) mass is 318 g/mol. The highest BCUT2D eigenvalue weighted by Crippen LogP contribution is 2.05. The number of ketones is 1. The lowest BCUT2D eigenvalue weighted by Crippen LogP contribution is -2.05. The molecule has 0 spiro atoms. The van der Waals surface area contributed by atoms with E-state index in [0.29, 0.717) is 0 Å². The van der Waals surface area contributed by atoms with E-state index in [-0.39, 0.29) is 21.0 Å². The number of hydrogen-bond acceptors (Lipinski definition) is 4. The summed E-state index contributed by atoms with van der Waals surface area (Å²) >= 11 is 1.60. The molecule has 0 bridgehead atoms. The van der Waals surface area contributed by atoms with E-state index in [4.69, 9.17) is 0 Å². The molecule has 0 unspecified atom stereocenters. The summed E-state index contributed by atoms with van der Waals surface area (Å²) in [6.45, 7) is 6.51. The van der Waals surface area contributed by atoms with E-state index in [1.54, 1.807) is 29.5 Å². The van der Waals surface area contributed by atoms with Gasteiger partial charge in [0.05, 0.1) is 6.20 Å². The zero-order valence-electron chi connectivity index (χ0n) is 8.53. The molecule has 0 aromatic rings. The summed E-state index contributed by atoms with van der Waals surface area (Å²) in [7, 11) is 0. The molecule has 0 radical (unpaired) electrons. The zero-order chi connectivity index (χ0) is 11.8. The minimum atomic E-state index is -0.235. The van der Waals surface area contributed by atoms with E-state index < -0.39 is 0 Å². The van der Waals surface area contributed by atoms with E-state index in [0.717, 1.165) is 0 Å². The molecule has 0 aliphatic carbocycles. The van der Waals surface area contributed by atoms with Crippen molar-refractivity contribution in [3.8, 4) is 0 Å². The van der Waals surface area contributed by atoms with Crippen molar-refractivity contribution in [2.24, 2.45) is 9.98 Å². The lowest BCUT2D eigenvalue weighted by atomic mass is 10.3. The first-order valence-electron chi connectivity index (χ1n) is 4.12. The van der Waals surface area contributed by atoms with Gasteiger partial charge in [-0.05, 0) is 13.0 Å². The maximum absolute atomic E-state index is 11.0. The molecule has 0 amide bonds. The van der Waals surface area contributed by atoms with Gasteiger partial charge in [-0.25, -0.2) is 0 Å². The van der Waals surface area contributed by atoms with Crippen LogP contribution in [0.1, 0.15) is 13.8 Å². The molecule has 0 fully saturated rings. The summed E-state index contributed by atoms with van der Waals surface area (Å²) in [5, 5.41) is 0. The van der Waals surface area contributed by atoms with Crippen LogP contribution in [-0.4, -0.2) is 21.5 Å². The number of halogens is 1. The summed E-state index contributed by atoms with van der Waals surface area (Å²) in [6.07, 6.45) is 4.08. The molecular weight excluding hydrogens is 307 g/mol.